The second-order valence-corrected chi connectivity index (χ2v) is 7.20. The Morgan fingerprint density at radius 1 is 0.893 bits per heavy atom. The smallest absolute Gasteiger partial charge is 0.252 e. The second-order valence-electron chi connectivity index (χ2n) is 7.20. The first-order valence-electron chi connectivity index (χ1n) is 9.63. The van der Waals surface area contributed by atoms with Crippen LogP contribution in [0.2, 0.25) is 0 Å². The first-order valence-corrected chi connectivity index (χ1v) is 9.63. The quantitative estimate of drug-likeness (QED) is 0.535. The van der Waals surface area contributed by atoms with Gasteiger partial charge in [-0.15, -0.1) is 0 Å². The van der Waals surface area contributed by atoms with Gasteiger partial charge in [0, 0.05) is 10.9 Å². The average molecular weight is 364 g/mol. The molecular weight excluding hydrogens is 344 g/mol. The fourth-order valence-corrected chi connectivity index (χ4v) is 4.06. The van der Waals surface area contributed by atoms with E-state index in [1.165, 1.54) is 11.1 Å². The van der Waals surface area contributed by atoms with Crippen molar-refractivity contribution >= 4 is 16.8 Å². The van der Waals surface area contributed by atoms with E-state index in [0.717, 1.165) is 35.0 Å². The molecule has 0 saturated heterocycles. The summed E-state index contributed by atoms with van der Waals surface area (Å²) in [7, 11) is 0. The summed E-state index contributed by atoms with van der Waals surface area (Å²) in [6.07, 6.45) is 1.95. The number of fused-ring (bicyclic) bond motifs is 2. The predicted molar refractivity (Wildman–Crippen MR) is 112 cm³/mol. The predicted octanol–water partition coefficient (Wildman–Crippen LogP) is 5.32. The Balaban J connectivity index is 1.55. The lowest BCUT2D eigenvalue weighted by Crippen LogP contribution is -2.27. The van der Waals surface area contributed by atoms with Crippen molar-refractivity contribution in [1.29, 1.82) is 0 Å². The number of nitrogens with zero attached hydrogens (tertiary/aromatic N) is 1. The van der Waals surface area contributed by atoms with Crippen molar-refractivity contribution in [2.45, 2.75) is 18.9 Å². The van der Waals surface area contributed by atoms with Crippen LogP contribution in [-0.4, -0.2) is 10.9 Å². The minimum Gasteiger partial charge on any atom is -0.345 e. The fraction of sp³-hybridized carbons (Fsp3) is 0.120. The summed E-state index contributed by atoms with van der Waals surface area (Å²) in [5.74, 6) is -0.0440. The van der Waals surface area contributed by atoms with E-state index in [0.29, 0.717) is 5.56 Å². The van der Waals surface area contributed by atoms with Crippen LogP contribution < -0.4 is 5.32 Å². The molecule has 1 atom stereocenters. The number of hydrogen-bond donors (Lipinski definition) is 1. The van der Waals surface area contributed by atoms with Gasteiger partial charge in [0.25, 0.3) is 5.91 Å². The van der Waals surface area contributed by atoms with Crippen LogP contribution in [-0.2, 0) is 6.42 Å². The Bertz CT molecular complexity index is 1170. The van der Waals surface area contributed by atoms with Gasteiger partial charge in [-0.2, -0.15) is 0 Å². The Kier molecular flexibility index (Phi) is 4.13. The third-order valence-electron chi connectivity index (χ3n) is 5.47. The van der Waals surface area contributed by atoms with E-state index in [4.69, 9.17) is 4.98 Å². The molecule has 5 rings (SSSR count). The highest BCUT2D eigenvalue weighted by Crippen LogP contribution is 2.32. The molecule has 3 heteroatoms. The van der Waals surface area contributed by atoms with Gasteiger partial charge in [0.15, 0.2) is 0 Å². The monoisotopic (exact) mass is 364 g/mol. The molecule has 1 amide bonds. The molecule has 3 aromatic carbocycles. The highest BCUT2D eigenvalue weighted by molar-refractivity contribution is 6.07. The Labute approximate surface area is 164 Å². The van der Waals surface area contributed by atoms with Gasteiger partial charge in [-0.25, -0.2) is 4.98 Å². The molecule has 0 fully saturated rings. The fourth-order valence-electron chi connectivity index (χ4n) is 4.06. The van der Waals surface area contributed by atoms with Crippen molar-refractivity contribution in [3.8, 4) is 11.3 Å². The maximum atomic E-state index is 13.3. The van der Waals surface area contributed by atoms with E-state index in [1.807, 2.05) is 66.7 Å². The number of carbonyl (C=O) groups is 1. The van der Waals surface area contributed by atoms with E-state index in [-0.39, 0.29) is 11.9 Å². The van der Waals surface area contributed by atoms with Crippen LogP contribution in [0.3, 0.4) is 0 Å². The van der Waals surface area contributed by atoms with Gasteiger partial charge in [0.2, 0.25) is 0 Å². The van der Waals surface area contributed by atoms with Gasteiger partial charge in [0.05, 0.1) is 22.8 Å². The lowest BCUT2D eigenvalue weighted by atomic mass is 10.0. The van der Waals surface area contributed by atoms with E-state index < -0.39 is 0 Å². The standard InChI is InChI=1S/C25H20N2O/c28-25(27-23-15-14-17-8-4-5-11-19(17)23)21-16-24(18-9-2-1-3-10-18)26-22-13-7-6-12-20(21)22/h1-13,16,23H,14-15H2,(H,27,28)/t23-/m1/s1. The maximum Gasteiger partial charge on any atom is 0.252 e. The summed E-state index contributed by atoms with van der Waals surface area (Å²) in [6, 6.07) is 28.2. The molecule has 136 valence electrons. The van der Waals surface area contributed by atoms with Gasteiger partial charge < -0.3 is 5.32 Å². The van der Waals surface area contributed by atoms with Crippen LogP contribution in [0.25, 0.3) is 22.2 Å². The number of aryl methyl sites for hydroxylation is 1. The van der Waals surface area contributed by atoms with Crippen molar-refractivity contribution < 1.29 is 4.79 Å². The number of benzene rings is 3. The van der Waals surface area contributed by atoms with Crippen LogP contribution in [0, 0.1) is 0 Å². The number of amides is 1. The summed E-state index contributed by atoms with van der Waals surface area (Å²) < 4.78 is 0. The van der Waals surface area contributed by atoms with Crippen molar-refractivity contribution in [3.63, 3.8) is 0 Å². The molecule has 4 aromatic rings. The second kappa shape index (κ2) is 6.93. The molecule has 0 saturated carbocycles. The molecule has 0 unspecified atom stereocenters. The van der Waals surface area contributed by atoms with E-state index in [9.17, 15) is 4.79 Å². The zero-order chi connectivity index (χ0) is 18.9. The lowest BCUT2D eigenvalue weighted by Gasteiger charge is -2.16. The lowest BCUT2D eigenvalue weighted by molar-refractivity contribution is 0.0938. The van der Waals surface area contributed by atoms with Gasteiger partial charge >= 0.3 is 0 Å². The van der Waals surface area contributed by atoms with Crippen LogP contribution >= 0.6 is 0 Å². The number of nitrogens with one attached hydrogen (secondary N) is 1. The van der Waals surface area contributed by atoms with Crippen molar-refractivity contribution in [3.05, 3.63) is 102 Å². The third kappa shape index (κ3) is 2.95. The zero-order valence-corrected chi connectivity index (χ0v) is 15.4. The van der Waals surface area contributed by atoms with Gasteiger partial charge in [0.1, 0.15) is 0 Å². The van der Waals surface area contributed by atoms with Crippen molar-refractivity contribution in [1.82, 2.24) is 10.3 Å². The first kappa shape index (κ1) is 16.7. The van der Waals surface area contributed by atoms with Crippen molar-refractivity contribution in [2.24, 2.45) is 0 Å². The van der Waals surface area contributed by atoms with Crippen LogP contribution in [0.15, 0.2) is 84.9 Å². The number of hydrogen-bond acceptors (Lipinski definition) is 2. The van der Waals surface area contributed by atoms with Gasteiger partial charge in [-0.1, -0.05) is 72.8 Å². The third-order valence-corrected chi connectivity index (χ3v) is 5.47. The number of carbonyl (C=O) groups excluding carboxylic acids is 1. The first-order chi connectivity index (χ1) is 13.8. The SMILES string of the molecule is O=C(N[C@@H]1CCc2ccccc21)c1cc(-c2ccccc2)nc2ccccc12. The van der Waals surface area contributed by atoms with Crippen LogP contribution in [0.4, 0.5) is 0 Å². The van der Waals surface area contributed by atoms with Crippen molar-refractivity contribution in [2.75, 3.05) is 0 Å². The number of pyridine rings is 1. The summed E-state index contributed by atoms with van der Waals surface area (Å²) >= 11 is 0. The molecule has 0 bridgehead atoms. The largest absolute Gasteiger partial charge is 0.345 e. The molecule has 28 heavy (non-hydrogen) atoms. The summed E-state index contributed by atoms with van der Waals surface area (Å²) in [6.45, 7) is 0. The molecule has 0 radical (unpaired) electrons. The number of rotatable bonds is 3. The van der Waals surface area contributed by atoms with E-state index in [1.54, 1.807) is 0 Å². The molecule has 1 heterocycles. The summed E-state index contributed by atoms with van der Waals surface area (Å²) in [4.78, 5) is 18.0. The molecule has 1 N–H and O–H groups in total. The molecule has 3 nitrogen and oxygen atoms in total. The minimum atomic E-state index is -0.0440. The summed E-state index contributed by atoms with van der Waals surface area (Å²) in [5, 5.41) is 4.14. The molecule has 0 aliphatic heterocycles. The van der Waals surface area contributed by atoms with Gasteiger partial charge in [-0.3, -0.25) is 4.79 Å². The Hall–Kier alpha value is -3.46. The molecule has 0 spiro atoms. The Morgan fingerprint density at radius 2 is 1.64 bits per heavy atom. The average Bonchev–Trinajstić information content (AvgIpc) is 3.16. The van der Waals surface area contributed by atoms with Crippen LogP contribution in [0.5, 0.6) is 0 Å². The minimum absolute atomic E-state index is 0.0440. The zero-order valence-electron chi connectivity index (χ0n) is 15.4. The maximum absolute atomic E-state index is 13.3. The van der Waals surface area contributed by atoms with Crippen LogP contribution in [0.1, 0.15) is 33.9 Å². The molecule has 1 aliphatic rings. The van der Waals surface area contributed by atoms with E-state index >= 15 is 0 Å². The Morgan fingerprint density at radius 3 is 2.54 bits per heavy atom. The number of aromatic nitrogens is 1. The topological polar surface area (TPSA) is 42.0 Å². The summed E-state index contributed by atoms with van der Waals surface area (Å²) in [5.41, 5.74) is 5.90. The normalized spacial score (nSPS) is 15.4. The molecule has 1 aliphatic carbocycles. The highest BCUT2D eigenvalue weighted by atomic mass is 16.1. The molecular formula is C25H20N2O. The van der Waals surface area contributed by atoms with Gasteiger partial charge in [-0.05, 0) is 36.1 Å². The number of para-hydroxylation sites is 1. The highest BCUT2D eigenvalue weighted by Gasteiger charge is 2.24. The van der Waals surface area contributed by atoms with E-state index in [2.05, 4.69) is 23.5 Å². The molecule has 1 aromatic heterocycles.